The lowest BCUT2D eigenvalue weighted by Crippen LogP contribution is -1.98. The molecule has 0 atom stereocenters. The summed E-state index contributed by atoms with van der Waals surface area (Å²) in [6.45, 7) is 2.10. The molecule has 0 aromatic carbocycles. The van der Waals surface area contributed by atoms with E-state index in [4.69, 9.17) is 11.6 Å². The quantitative estimate of drug-likeness (QED) is 0.665. The maximum absolute atomic E-state index is 6.17. The van der Waals surface area contributed by atoms with Crippen molar-refractivity contribution in [2.75, 3.05) is 0 Å². The zero-order chi connectivity index (χ0) is 14.1. The number of hydrogen-bond acceptors (Lipinski definition) is 3. The Morgan fingerprint density at radius 3 is 2.85 bits per heavy atom. The molecule has 0 N–H and O–H groups in total. The second-order valence-corrected chi connectivity index (χ2v) is 5.59. The lowest BCUT2D eigenvalue weighted by molar-refractivity contribution is 0.867. The van der Waals surface area contributed by atoms with Gasteiger partial charge in [0.1, 0.15) is 16.5 Å². The van der Waals surface area contributed by atoms with Crippen LogP contribution in [0.5, 0.6) is 0 Å². The molecule has 0 bridgehead atoms. The summed E-state index contributed by atoms with van der Waals surface area (Å²) < 4.78 is 2.71. The number of pyridine rings is 1. The lowest BCUT2D eigenvalue weighted by atomic mass is 10.2. The van der Waals surface area contributed by atoms with Gasteiger partial charge in [-0.1, -0.05) is 31.0 Å². The maximum atomic E-state index is 6.17. The highest BCUT2D eigenvalue weighted by atomic mass is 79.9. The first-order chi connectivity index (χ1) is 9.69. The molecule has 0 amide bonds. The average molecular weight is 352 g/mol. The van der Waals surface area contributed by atoms with Crippen molar-refractivity contribution in [3.8, 4) is 11.5 Å². The Hall–Kier alpha value is -1.46. The Bertz CT molecular complexity index is 736. The van der Waals surface area contributed by atoms with Crippen LogP contribution >= 0.6 is 27.5 Å². The van der Waals surface area contributed by atoms with Crippen molar-refractivity contribution in [1.29, 1.82) is 0 Å². The number of nitrogens with zero attached hydrogens (tertiary/aromatic N) is 4. The Balaban J connectivity index is 2.13. The van der Waals surface area contributed by atoms with E-state index in [9.17, 15) is 0 Å². The summed E-state index contributed by atoms with van der Waals surface area (Å²) in [5.74, 6) is 0.561. The predicted octanol–water partition coefficient (Wildman–Crippen LogP) is 4.16. The van der Waals surface area contributed by atoms with Gasteiger partial charge in [-0.2, -0.15) is 0 Å². The number of hydrogen-bond donors (Lipinski definition) is 0. The van der Waals surface area contributed by atoms with E-state index < -0.39 is 0 Å². The summed E-state index contributed by atoms with van der Waals surface area (Å²) in [5.41, 5.74) is 2.50. The predicted molar refractivity (Wildman–Crippen MR) is 82.9 cm³/mol. The number of fused-ring (bicyclic) bond motifs is 1. The van der Waals surface area contributed by atoms with Crippen molar-refractivity contribution in [2.45, 2.75) is 19.8 Å². The van der Waals surface area contributed by atoms with Crippen molar-refractivity contribution in [1.82, 2.24) is 19.4 Å². The van der Waals surface area contributed by atoms with Crippen LogP contribution in [-0.2, 0) is 6.42 Å². The fourth-order valence-corrected chi connectivity index (χ4v) is 2.59. The molecule has 3 heterocycles. The van der Waals surface area contributed by atoms with Crippen LogP contribution in [0, 0.1) is 0 Å². The molecule has 0 saturated heterocycles. The average Bonchev–Trinajstić information content (AvgIpc) is 2.87. The molecule has 20 heavy (non-hydrogen) atoms. The highest BCUT2D eigenvalue weighted by Gasteiger charge is 2.13. The van der Waals surface area contributed by atoms with Gasteiger partial charge in [-0.25, -0.2) is 15.0 Å². The van der Waals surface area contributed by atoms with Crippen molar-refractivity contribution in [3.63, 3.8) is 0 Å². The molecular weight excluding hydrogens is 340 g/mol. The fourth-order valence-electron chi connectivity index (χ4n) is 2.02. The zero-order valence-corrected chi connectivity index (χ0v) is 13.2. The van der Waals surface area contributed by atoms with E-state index in [1.807, 2.05) is 35.0 Å². The van der Waals surface area contributed by atoms with Gasteiger partial charge in [0.15, 0.2) is 5.82 Å². The summed E-state index contributed by atoms with van der Waals surface area (Å²) in [7, 11) is 0. The number of aromatic nitrogens is 4. The van der Waals surface area contributed by atoms with Gasteiger partial charge in [-0.3, -0.25) is 0 Å². The number of rotatable bonds is 3. The van der Waals surface area contributed by atoms with Gasteiger partial charge in [0.05, 0.1) is 10.2 Å². The minimum Gasteiger partial charge on any atom is -0.306 e. The molecule has 3 rings (SSSR count). The van der Waals surface area contributed by atoms with E-state index in [1.165, 1.54) is 0 Å². The van der Waals surface area contributed by atoms with Crippen molar-refractivity contribution >= 4 is 33.2 Å². The van der Waals surface area contributed by atoms with Gasteiger partial charge in [0.2, 0.25) is 0 Å². The van der Waals surface area contributed by atoms with Gasteiger partial charge >= 0.3 is 0 Å². The summed E-state index contributed by atoms with van der Waals surface area (Å²) in [4.78, 5) is 13.4. The zero-order valence-electron chi connectivity index (χ0n) is 10.8. The number of aryl methyl sites for hydroxylation is 1. The molecule has 6 heteroatoms. The summed E-state index contributed by atoms with van der Waals surface area (Å²) in [6.07, 6.45) is 5.70. The lowest BCUT2D eigenvalue weighted by Gasteiger charge is -2.05. The third-order valence-corrected chi connectivity index (χ3v) is 4.29. The Morgan fingerprint density at radius 2 is 2.10 bits per heavy atom. The van der Waals surface area contributed by atoms with Crippen molar-refractivity contribution in [3.05, 3.63) is 45.9 Å². The smallest absolute Gasteiger partial charge is 0.181 e. The SMILES string of the molecule is CCCc1nc(-c2cn3ccccc3n2)nc(Cl)c1Br. The number of imidazole rings is 1. The van der Waals surface area contributed by atoms with Gasteiger partial charge in [-0.05, 0) is 34.5 Å². The molecule has 4 nitrogen and oxygen atoms in total. The van der Waals surface area contributed by atoms with Crippen molar-refractivity contribution < 1.29 is 0 Å². The van der Waals surface area contributed by atoms with Crippen molar-refractivity contribution in [2.24, 2.45) is 0 Å². The maximum Gasteiger partial charge on any atom is 0.181 e. The molecule has 0 radical (unpaired) electrons. The van der Waals surface area contributed by atoms with E-state index in [0.717, 1.165) is 34.3 Å². The molecule has 0 aliphatic heterocycles. The normalized spacial score (nSPS) is 11.2. The third kappa shape index (κ3) is 2.43. The standard InChI is InChI=1S/C14H12BrClN4/c1-2-5-9-12(15)13(16)19-14(18-9)10-8-20-7-4-3-6-11(20)17-10/h3-4,6-8H,2,5H2,1H3. The molecule has 0 fully saturated rings. The van der Waals surface area contributed by atoms with Crippen LogP contribution in [0.25, 0.3) is 17.2 Å². The van der Waals surface area contributed by atoms with E-state index in [-0.39, 0.29) is 0 Å². The molecule has 0 spiro atoms. The largest absolute Gasteiger partial charge is 0.306 e. The highest BCUT2D eigenvalue weighted by Crippen LogP contribution is 2.27. The van der Waals surface area contributed by atoms with Gasteiger partial charge in [-0.15, -0.1) is 0 Å². The summed E-state index contributed by atoms with van der Waals surface area (Å²) >= 11 is 9.61. The van der Waals surface area contributed by atoms with E-state index in [2.05, 4.69) is 37.8 Å². The van der Waals surface area contributed by atoms with Gasteiger partial charge in [0.25, 0.3) is 0 Å². The minimum atomic E-state index is 0.426. The van der Waals surface area contributed by atoms with E-state index >= 15 is 0 Å². The molecule has 102 valence electrons. The first kappa shape index (κ1) is 13.5. The van der Waals surface area contributed by atoms with Crippen LogP contribution in [0.15, 0.2) is 35.1 Å². The monoisotopic (exact) mass is 350 g/mol. The summed E-state index contributed by atoms with van der Waals surface area (Å²) in [6, 6.07) is 5.84. The molecule has 0 unspecified atom stereocenters. The first-order valence-electron chi connectivity index (χ1n) is 6.35. The van der Waals surface area contributed by atoms with Gasteiger partial charge in [0, 0.05) is 12.4 Å². The Kier molecular flexibility index (Phi) is 3.72. The highest BCUT2D eigenvalue weighted by molar-refractivity contribution is 9.10. The molecule has 3 aromatic rings. The van der Waals surface area contributed by atoms with Crippen LogP contribution in [0.1, 0.15) is 19.0 Å². The van der Waals surface area contributed by atoms with Gasteiger partial charge < -0.3 is 4.40 Å². The van der Waals surface area contributed by atoms with Crippen LogP contribution < -0.4 is 0 Å². The number of halogens is 2. The topological polar surface area (TPSA) is 43.1 Å². The molecule has 0 aliphatic carbocycles. The molecule has 0 saturated carbocycles. The van der Waals surface area contributed by atoms with Crippen LogP contribution in [0.2, 0.25) is 5.15 Å². The third-order valence-electron chi connectivity index (χ3n) is 2.96. The minimum absolute atomic E-state index is 0.426. The summed E-state index contributed by atoms with van der Waals surface area (Å²) in [5, 5.41) is 0.426. The van der Waals surface area contributed by atoms with E-state index in [0.29, 0.717) is 11.0 Å². The Morgan fingerprint density at radius 1 is 1.25 bits per heavy atom. The Labute approximate surface area is 130 Å². The molecular formula is C14H12BrClN4. The fraction of sp³-hybridized carbons (Fsp3) is 0.214. The molecule has 0 aliphatic rings. The molecule has 3 aromatic heterocycles. The second kappa shape index (κ2) is 5.50. The first-order valence-corrected chi connectivity index (χ1v) is 7.52. The van der Waals surface area contributed by atoms with Crippen LogP contribution in [0.3, 0.4) is 0 Å². The van der Waals surface area contributed by atoms with E-state index in [1.54, 1.807) is 0 Å². The van der Waals surface area contributed by atoms with Crippen LogP contribution in [0.4, 0.5) is 0 Å². The second-order valence-electron chi connectivity index (χ2n) is 4.44. The van der Waals surface area contributed by atoms with Crippen LogP contribution in [-0.4, -0.2) is 19.4 Å².